The average molecular weight is 449 g/mol. The Morgan fingerprint density at radius 1 is 1.38 bits per heavy atom. The molecule has 0 aliphatic rings. The van der Waals surface area contributed by atoms with Crippen molar-refractivity contribution >= 4 is 49.8 Å². The number of hydrogen-bond donors (Lipinski definition) is 2. The molecule has 0 saturated carbocycles. The number of halogens is 2. The van der Waals surface area contributed by atoms with Gasteiger partial charge in [0.25, 0.3) is 7.82 Å². The monoisotopic (exact) mass is 448 g/mol. The number of phosphoric ester groups is 1. The first-order valence-corrected chi connectivity index (χ1v) is 8.86. The van der Waals surface area contributed by atoms with Crippen LogP contribution in [0.5, 0.6) is 0 Å². The van der Waals surface area contributed by atoms with Gasteiger partial charge in [0.15, 0.2) is 12.2 Å². The molecule has 0 aliphatic carbocycles. The summed E-state index contributed by atoms with van der Waals surface area (Å²) in [6.07, 6.45) is 2.10. The van der Waals surface area contributed by atoms with Crippen molar-refractivity contribution in [1.29, 1.82) is 0 Å². The van der Waals surface area contributed by atoms with E-state index in [1.165, 1.54) is 11.3 Å². The van der Waals surface area contributed by atoms with E-state index in [0.29, 0.717) is 24.6 Å². The lowest BCUT2D eigenvalue weighted by molar-refractivity contribution is -0.689. The van der Waals surface area contributed by atoms with E-state index in [9.17, 15) is 9.46 Å². The fraction of sp³-hybridized carbons (Fsp3) is 0.500. The van der Waals surface area contributed by atoms with Gasteiger partial charge < -0.3 is 20.0 Å². The Morgan fingerprint density at radius 2 is 2.00 bits per heavy atom. The third-order valence-electron chi connectivity index (χ3n) is 3.10. The summed E-state index contributed by atoms with van der Waals surface area (Å²) >= 11 is 1.48. The summed E-state index contributed by atoms with van der Waals surface area (Å²) in [4.78, 5) is 28.3. The third kappa shape index (κ3) is 8.73. The Kier molecular flexibility index (Phi) is 14.5. The normalized spacial score (nSPS) is 11.8. The van der Waals surface area contributed by atoms with E-state index in [0.717, 1.165) is 16.1 Å². The zero-order valence-electron chi connectivity index (χ0n) is 13.0. The van der Waals surface area contributed by atoms with E-state index < -0.39 is 7.82 Å². The summed E-state index contributed by atoms with van der Waals surface area (Å²) in [5, 5.41) is 0. The lowest BCUT2D eigenvalue weighted by Gasteiger charge is -2.14. The van der Waals surface area contributed by atoms with Gasteiger partial charge in [-0.1, -0.05) is 26.2 Å². The van der Waals surface area contributed by atoms with Gasteiger partial charge in [0, 0.05) is 19.5 Å². The Balaban J connectivity index is -0.00000132. The first kappa shape index (κ1) is 29.9. The van der Waals surface area contributed by atoms with Crippen LogP contribution >= 0.6 is 44.0 Å². The van der Waals surface area contributed by atoms with E-state index >= 15 is 0 Å². The van der Waals surface area contributed by atoms with Crippen molar-refractivity contribution in [2.24, 2.45) is 0 Å². The Bertz CT molecular complexity index is 727. The molecule has 1 atom stereocenters. The quantitative estimate of drug-likeness (QED) is 0.512. The highest BCUT2D eigenvalue weighted by Crippen LogP contribution is 2.30. The molecule has 8 nitrogen and oxygen atoms in total. The van der Waals surface area contributed by atoms with Crippen molar-refractivity contribution in [1.82, 2.24) is 9.97 Å². The van der Waals surface area contributed by atoms with Crippen molar-refractivity contribution in [2.45, 2.75) is 41.7 Å². The fourth-order valence-electron chi connectivity index (χ4n) is 1.92. The van der Waals surface area contributed by atoms with Crippen molar-refractivity contribution in [3.05, 3.63) is 33.7 Å². The van der Waals surface area contributed by atoms with E-state index in [2.05, 4.69) is 14.5 Å². The van der Waals surface area contributed by atoms with Crippen molar-refractivity contribution in [2.75, 3.05) is 12.3 Å². The predicted molar refractivity (Wildman–Crippen MR) is 107 cm³/mol. The minimum absolute atomic E-state index is 0. The molecule has 2 aromatic rings. The van der Waals surface area contributed by atoms with Gasteiger partial charge in [0.1, 0.15) is 11.6 Å². The topological polar surface area (TPSA) is 125 Å². The maximum Gasteiger partial charge on any atom is 0.265 e. The van der Waals surface area contributed by atoms with Gasteiger partial charge >= 0.3 is 0 Å². The molecule has 2 aromatic heterocycles. The molecule has 152 valence electrons. The minimum Gasteiger partial charge on any atom is -0.756 e. The molecule has 2 rings (SSSR count). The second-order valence-corrected chi connectivity index (χ2v) is 6.87. The van der Waals surface area contributed by atoms with Crippen LogP contribution in [0.3, 0.4) is 0 Å². The third-order valence-corrected chi connectivity index (χ3v) is 4.75. The predicted octanol–water partition coefficient (Wildman–Crippen LogP) is 2.21. The van der Waals surface area contributed by atoms with E-state index in [4.69, 9.17) is 10.6 Å². The second-order valence-electron chi connectivity index (χ2n) is 4.74. The zero-order valence-corrected chi connectivity index (χ0v) is 16.4. The molecule has 0 radical (unpaired) electrons. The molecule has 0 aliphatic heterocycles. The van der Waals surface area contributed by atoms with E-state index in [1.807, 2.05) is 17.0 Å². The number of rotatable bonds is 6. The van der Waals surface area contributed by atoms with Crippen LogP contribution in [0.2, 0.25) is 0 Å². The van der Waals surface area contributed by atoms with Crippen molar-refractivity contribution < 1.29 is 23.4 Å². The molecule has 3 N–H and O–H groups in total. The number of hydrogen-bond acceptors (Lipinski definition) is 7. The van der Waals surface area contributed by atoms with Gasteiger partial charge in [-0.25, -0.2) is 9.97 Å². The summed E-state index contributed by atoms with van der Waals surface area (Å²) in [5.41, 5.74) is 9.59. The average Bonchev–Trinajstić information content (AvgIpc) is 2.73. The summed E-state index contributed by atoms with van der Waals surface area (Å²) in [5.74, 6) is 1.07. The molecule has 2 heterocycles. The highest BCUT2D eigenvalue weighted by Gasteiger charge is 2.17. The molecule has 0 aromatic carbocycles. The fourth-order valence-corrected chi connectivity index (χ4v) is 3.22. The molecule has 0 saturated heterocycles. The van der Waals surface area contributed by atoms with E-state index in [-0.39, 0.29) is 46.3 Å². The number of phosphoric acid groups is 1. The molecule has 26 heavy (non-hydrogen) atoms. The van der Waals surface area contributed by atoms with Crippen LogP contribution in [0.25, 0.3) is 0 Å². The van der Waals surface area contributed by atoms with Gasteiger partial charge in [0.2, 0.25) is 5.51 Å². The minimum atomic E-state index is -4.66. The lowest BCUT2D eigenvalue weighted by Crippen LogP contribution is -2.35. The Labute approximate surface area is 170 Å². The molecule has 0 bridgehead atoms. The zero-order chi connectivity index (χ0) is 16.3. The van der Waals surface area contributed by atoms with Crippen LogP contribution in [0, 0.1) is 13.8 Å². The van der Waals surface area contributed by atoms with Crippen molar-refractivity contribution in [3.63, 3.8) is 0 Å². The van der Waals surface area contributed by atoms with Gasteiger partial charge in [0.05, 0.1) is 17.0 Å². The Morgan fingerprint density at radius 3 is 2.54 bits per heavy atom. The SMILES string of the molecule is C.C.Cc1ncc(C[n+]2csc(CCOP(=O)([O-])O)c2C)c(N)n1.Cl.Cl. The first-order chi connectivity index (χ1) is 10.3. The molecule has 0 amide bonds. The summed E-state index contributed by atoms with van der Waals surface area (Å²) in [7, 11) is -4.66. The molecule has 0 spiro atoms. The first-order valence-electron chi connectivity index (χ1n) is 6.49. The molecule has 1 unspecified atom stereocenters. The highest BCUT2D eigenvalue weighted by molar-refractivity contribution is 7.44. The van der Waals surface area contributed by atoms with Crippen LogP contribution in [-0.4, -0.2) is 21.5 Å². The molecular formula is C14H27Cl2N4O4PS. The maximum atomic E-state index is 10.5. The van der Waals surface area contributed by atoms with Crippen molar-refractivity contribution in [3.8, 4) is 0 Å². The van der Waals surface area contributed by atoms with Gasteiger partial charge in [-0.2, -0.15) is 4.57 Å². The smallest absolute Gasteiger partial charge is 0.265 e. The number of anilines is 1. The van der Waals surface area contributed by atoms with Gasteiger partial charge in [-0.15, -0.1) is 24.8 Å². The number of aryl methyl sites for hydroxylation is 1. The summed E-state index contributed by atoms with van der Waals surface area (Å²) in [6, 6.07) is 0. The number of nitrogen functional groups attached to an aromatic ring is 1. The number of nitrogens with zero attached hydrogens (tertiary/aromatic N) is 3. The largest absolute Gasteiger partial charge is 0.756 e. The summed E-state index contributed by atoms with van der Waals surface area (Å²) in [6.45, 7) is 4.15. The van der Waals surface area contributed by atoms with Gasteiger partial charge in [-0.3, -0.25) is 4.57 Å². The van der Waals surface area contributed by atoms with Crippen LogP contribution in [0.1, 0.15) is 36.8 Å². The molecule has 0 fully saturated rings. The van der Waals surface area contributed by atoms with Crippen LogP contribution in [-0.2, 0) is 22.1 Å². The lowest BCUT2D eigenvalue weighted by atomic mass is 10.2. The van der Waals surface area contributed by atoms with Crippen LogP contribution in [0.15, 0.2) is 11.7 Å². The van der Waals surface area contributed by atoms with Crippen LogP contribution < -0.4 is 15.2 Å². The number of thiazole rings is 1. The van der Waals surface area contributed by atoms with E-state index in [1.54, 1.807) is 13.1 Å². The van der Waals surface area contributed by atoms with Gasteiger partial charge in [-0.05, 0) is 6.92 Å². The maximum absolute atomic E-state index is 10.5. The summed E-state index contributed by atoms with van der Waals surface area (Å²) < 4.78 is 16.9. The van der Waals surface area contributed by atoms with Crippen LogP contribution in [0.4, 0.5) is 5.82 Å². The molecular weight excluding hydrogens is 422 g/mol. The molecule has 12 heteroatoms. The number of nitrogens with two attached hydrogens (primary N) is 1. The standard InChI is InChI=1S/C12H17N4O4PS.2CH4.2ClH/c1-8-11(3-4-20-21(17,18)19)22-7-16(8)6-10-5-14-9(2)15-12(10)13;;;;/h5,7H,3-4,6H2,1-2H3,(H3-,13,14,15,17,18,19);2*1H4;2*1H. The second kappa shape index (κ2) is 12.6. The number of aromatic nitrogens is 3. The highest BCUT2D eigenvalue weighted by atomic mass is 35.5. The Hall–Kier alpha value is -0.800.